The van der Waals surface area contributed by atoms with Gasteiger partial charge in [-0.15, -0.1) is 0 Å². The lowest BCUT2D eigenvalue weighted by molar-refractivity contribution is -0.0178. The summed E-state index contributed by atoms with van der Waals surface area (Å²) < 4.78 is 34.2. The molecule has 7 nitrogen and oxygen atoms in total. The SMILES string of the molecule is CC(C)OC(CN1CCN(S(=O)(=O)c2ccc3ncnc(Cl)c3c2)CC1)c1ccccc1. The maximum absolute atomic E-state index is 13.2. The molecule has 1 aromatic heterocycles. The Hall–Kier alpha value is -2.10. The maximum atomic E-state index is 13.2. The van der Waals surface area contributed by atoms with E-state index in [0.717, 1.165) is 12.1 Å². The second-order valence-corrected chi connectivity index (χ2v) is 10.4. The Morgan fingerprint density at radius 3 is 2.44 bits per heavy atom. The largest absolute Gasteiger partial charge is 0.370 e. The van der Waals surface area contributed by atoms with Crippen molar-refractivity contribution in [2.45, 2.75) is 31.0 Å². The number of benzene rings is 2. The van der Waals surface area contributed by atoms with E-state index < -0.39 is 10.0 Å². The minimum absolute atomic E-state index is 0.0537. The van der Waals surface area contributed by atoms with Crippen molar-refractivity contribution in [2.75, 3.05) is 32.7 Å². The van der Waals surface area contributed by atoms with Crippen molar-refractivity contribution in [2.24, 2.45) is 0 Å². The van der Waals surface area contributed by atoms with Gasteiger partial charge in [-0.2, -0.15) is 4.31 Å². The molecule has 1 aliphatic rings. The molecule has 170 valence electrons. The summed E-state index contributed by atoms with van der Waals surface area (Å²) in [7, 11) is -3.63. The van der Waals surface area contributed by atoms with Gasteiger partial charge in [0.1, 0.15) is 11.5 Å². The Bertz CT molecular complexity index is 1170. The fourth-order valence-electron chi connectivity index (χ4n) is 3.92. The molecule has 2 heterocycles. The van der Waals surface area contributed by atoms with Crippen LogP contribution in [0, 0.1) is 0 Å². The van der Waals surface area contributed by atoms with Gasteiger partial charge in [0.25, 0.3) is 0 Å². The molecule has 1 unspecified atom stereocenters. The molecular weight excluding hydrogens is 448 g/mol. The average molecular weight is 475 g/mol. The third-order valence-electron chi connectivity index (χ3n) is 5.56. The zero-order chi connectivity index (χ0) is 22.7. The van der Waals surface area contributed by atoms with Gasteiger partial charge in [0.05, 0.1) is 22.6 Å². The van der Waals surface area contributed by atoms with Gasteiger partial charge in [0.15, 0.2) is 0 Å². The third kappa shape index (κ3) is 5.10. The van der Waals surface area contributed by atoms with E-state index in [2.05, 4.69) is 27.0 Å². The van der Waals surface area contributed by atoms with Gasteiger partial charge in [-0.05, 0) is 37.6 Å². The Balaban J connectivity index is 1.45. The predicted octanol–water partition coefficient (Wildman–Crippen LogP) is 3.76. The molecule has 32 heavy (non-hydrogen) atoms. The van der Waals surface area contributed by atoms with Crippen LogP contribution in [-0.2, 0) is 14.8 Å². The Morgan fingerprint density at radius 2 is 1.75 bits per heavy atom. The summed E-state index contributed by atoms with van der Waals surface area (Å²) in [6.07, 6.45) is 1.41. The number of hydrogen-bond acceptors (Lipinski definition) is 6. The van der Waals surface area contributed by atoms with Crippen molar-refractivity contribution in [1.29, 1.82) is 0 Å². The summed E-state index contributed by atoms with van der Waals surface area (Å²) in [6, 6.07) is 15.0. The van der Waals surface area contributed by atoms with Gasteiger partial charge >= 0.3 is 0 Å². The van der Waals surface area contributed by atoms with Crippen LogP contribution in [0.2, 0.25) is 5.15 Å². The van der Waals surface area contributed by atoms with Crippen molar-refractivity contribution in [3.05, 3.63) is 65.6 Å². The molecule has 1 aliphatic heterocycles. The average Bonchev–Trinajstić information content (AvgIpc) is 2.79. The Kier molecular flexibility index (Phi) is 7.07. The monoisotopic (exact) mass is 474 g/mol. The molecule has 0 amide bonds. The quantitative estimate of drug-likeness (QED) is 0.485. The minimum atomic E-state index is -3.63. The van der Waals surface area contributed by atoms with E-state index in [1.807, 2.05) is 32.0 Å². The van der Waals surface area contributed by atoms with Gasteiger partial charge in [0, 0.05) is 38.1 Å². The number of sulfonamides is 1. The smallest absolute Gasteiger partial charge is 0.243 e. The number of aromatic nitrogens is 2. The van der Waals surface area contributed by atoms with Crippen LogP contribution < -0.4 is 0 Å². The van der Waals surface area contributed by atoms with E-state index in [0.29, 0.717) is 37.1 Å². The van der Waals surface area contributed by atoms with E-state index in [9.17, 15) is 8.42 Å². The molecule has 0 N–H and O–H groups in total. The number of halogens is 1. The Morgan fingerprint density at radius 1 is 1.03 bits per heavy atom. The number of nitrogens with zero attached hydrogens (tertiary/aromatic N) is 4. The first kappa shape index (κ1) is 23.1. The molecule has 0 aliphatic carbocycles. The molecule has 0 spiro atoms. The van der Waals surface area contributed by atoms with Gasteiger partial charge in [-0.3, -0.25) is 4.90 Å². The lowest BCUT2D eigenvalue weighted by Gasteiger charge is -2.36. The van der Waals surface area contributed by atoms with Crippen molar-refractivity contribution >= 4 is 32.5 Å². The zero-order valence-corrected chi connectivity index (χ0v) is 19.8. The van der Waals surface area contributed by atoms with Crippen molar-refractivity contribution in [3.63, 3.8) is 0 Å². The summed E-state index contributed by atoms with van der Waals surface area (Å²) >= 11 is 6.14. The second-order valence-electron chi connectivity index (χ2n) is 8.13. The van der Waals surface area contributed by atoms with E-state index in [-0.39, 0.29) is 22.3 Å². The number of rotatable bonds is 7. The van der Waals surface area contributed by atoms with Crippen LogP contribution in [0.25, 0.3) is 10.9 Å². The molecule has 0 saturated carbocycles. The molecule has 4 rings (SSSR count). The first-order valence-electron chi connectivity index (χ1n) is 10.7. The van der Waals surface area contributed by atoms with E-state index in [1.165, 1.54) is 10.6 Å². The van der Waals surface area contributed by atoms with Crippen LogP contribution in [0.15, 0.2) is 59.8 Å². The molecular formula is C23H27ClN4O3S. The van der Waals surface area contributed by atoms with Gasteiger partial charge < -0.3 is 4.74 Å². The van der Waals surface area contributed by atoms with E-state index in [1.54, 1.807) is 18.2 Å². The highest BCUT2D eigenvalue weighted by Crippen LogP contribution is 2.26. The maximum Gasteiger partial charge on any atom is 0.243 e. The third-order valence-corrected chi connectivity index (χ3v) is 7.75. The zero-order valence-electron chi connectivity index (χ0n) is 18.2. The highest BCUT2D eigenvalue weighted by molar-refractivity contribution is 7.89. The molecule has 0 radical (unpaired) electrons. The highest BCUT2D eigenvalue weighted by Gasteiger charge is 2.30. The molecule has 9 heteroatoms. The molecule has 1 saturated heterocycles. The normalized spacial score (nSPS) is 17.1. The van der Waals surface area contributed by atoms with Gasteiger partial charge in [-0.1, -0.05) is 41.9 Å². The van der Waals surface area contributed by atoms with Crippen LogP contribution >= 0.6 is 11.6 Å². The second kappa shape index (κ2) is 9.80. The fraction of sp³-hybridized carbons (Fsp3) is 0.391. The summed E-state index contributed by atoms with van der Waals surface area (Å²) in [4.78, 5) is 10.6. The highest BCUT2D eigenvalue weighted by atomic mass is 35.5. The fourth-order valence-corrected chi connectivity index (χ4v) is 5.57. The van der Waals surface area contributed by atoms with Gasteiger partial charge in [-0.25, -0.2) is 18.4 Å². The number of ether oxygens (including phenoxy) is 1. The molecule has 3 aromatic rings. The van der Waals surface area contributed by atoms with Crippen molar-refractivity contribution < 1.29 is 13.2 Å². The summed E-state index contributed by atoms with van der Waals surface area (Å²) in [6.45, 7) is 6.90. The Labute approximate surface area is 194 Å². The summed E-state index contributed by atoms with van der Waals surface area (Å²) in [5.41, 5.74) is 1.75. The van der Waals surface area contributed by atoms with Crippen molar-refractivity contribution in [3.8, 4) is 0 Å². The lowest BCUT2D eigenvalue weighted by Crippen LogP contribution is -2.49. The summed E-state index contributed by atoms with van der Waals surface area (Å²) in [5.74, 6) is 0. The number of piperazine rings is 1. The first-order chi connectivity index (χ1) is 15.3. The lowest BCUT2D eigenvalue weighted by atomic mass is 10.1. The van der Waals surface area contributed by atoms with Crippen LogP contribution in [-0.4, -0.2) is 66.4 Å². The van der Waals surface area contributed by atoms with Crippen LogP contribution in [0.4, 0.5) is 0 Å². The number of fused-ring (bicyclic) bond motifs is 1. The number of hydrogen-bond donors (Lipinski definition) is 0. The minimum Gasteiger partial charge on any atom is -0.370 e. The predicted molar refractivity (Wildman–Crippen MR) is 125 cm³/mol. The van der Waals surface area contributed by atoms with E-state index >= 15 is 0 Å². The standard InChI is InChI=1S/C23H27ClN4O3S/c1-17(2)31-22(18-6-4-3-5-7-18)15-27-10-12-28(13-11-27)32(29,30)19-8-9-21-20(14-19)23(24)26-16-25-21/h3-9,14,16-17,22H,10-13,15H2,1-2H3. The first-order valence-corrected chi connectivity index (χ1v) is 12.5. The molecule has 2 aromatic carbocycles. The molecule has 1 fully saturated rings. The summed E-state index contributed by atoms with van der Waals surface area (Å²) in [5, 5.41) is 0.777. The topological polar surface area (TPSA) is 75.6 Å². The van der Waals surface area contributed by atoms with E-state index in [4.69, 9.17) is 16.3 Å². The molecule has 1 atom stereocenters. The van der Waals surface area contributed by atoms with Crippen LogP contribution in [0.5, 0.6) is 0 Å². The molecule has 0 bridgehead atoms. The van der Waals surface area contributed by atoms with Gasteiger partial charge in [0.2, 0.25) is 10.0 Å². The van der Waals surface area contributed by atoms with Crippen LogP contribution in [0.3, 0.4) is 0 Å². The van der Waals surface area contributed by atoms with Crippen LogP contribution in [0.1, 0.15) is 25.5 Å². The van der Waals surface area contributed by atoms with Crippen molar-refractivity contribution in [1.82, 2.24) is 19.2 Å².